The van der Waals surface area contributed by atoms with E-state index in [1.807, 2.05) is 11.8 Å². The second kappa shape index (κ2) is 6.56. The largest absolute Gasteiger partial charge is 0.348 e. The molecule has 118 valence electrons. The number of fused-ring (bicyclic) bond motifs is 1. The molecule has 1 atom stereocenters. The molecule has 0 aromatic carbocycles. The van der Waals surface area contributed by atoms with Gasteiger partial charge >= 0.3 is 0 Å². The minimum Gasteiger partial charge on any atom is -0.348 e. The first kappa shape index (κ1) is 15.1. The molecule has 0 unspecified atom stereocenters. The molecule has 2 aromatic rings. The van der Waals surface area contributed by atoms with Crippen molar-refractivity contribution in [3.8, 4) is 0 Å². The molecule has 22 heavy (non-hydrogen) atoms. The SMILES string of the molecule is CCc1nc(SCC(=O)N2CCn3cccc3[C@@H]2CC)n[nH]1. The van der Waals surface area contributed by atoms with E-state index < -0.39 is 0 Å². The van der Waals surface area contributed by atoms with Crippen molar-refractivity contribution in [2.24, 2.45) is 0 Å². The molecule has 0 saturated heterocycles. The topological polar surface area (TPSA) is 66.8 Å². The summed E-state index contributed by atoms with van der Waals surface area (Å²) in [5, 5.41) is 7.65. The van der Waals surface area contributed by atoms with Gasteiger partial charge in [0.1, 0.15) is 5.82 Å². The van der Waals surface area contributed by atoms with Gasteiger partial charge in [-0.05, 0) is 18.6 Å². The highest BCUT2D eigenvalue weighted by Crippen LogP contribution is 2.29. The number of amides is 1. The quantitative estimate of drug-likeness (QED) is 0.859. The summed E-state index contributed by atoms with van der Waals surface area (Å²) in [6, 6.07) is 4.35. The molecule has 0 bridgehead atoms. The number of hydrogen-bond acceptors (Lipinski definition) is 4. The Balaban J connectivity index is 1.64. The first-order valence-electron chi connectivity index (χ1n) is 7.71. The van der Waals surface area contributed by atoms with Crippen molar-refractivity contribution in [2.45, 2.75) is 44.4 Å². The zero-order valence-electron chi connectivity index (χ0n) is 13.0. The molecule has 3 heterocycles. The summed E-state index contributed by atoms with van der Waals surface area (Å²) < 4.78 is 2.24. The van der Waals surface area contributed by atoms with Crippen LogP contribution in [-0.4, -0.2) is 42.9 Å². The average molecular weight is 319 g/mol. The van der Waals surface area contributed by atoms with Crippen molar-refractivity contribution >= 4 is 17.7 Å². The van der Waals surface area contributed by atoms with Gasteiger partial charge in [0, 0.05) is 31.4 Å². The van der Waals surface area contributed by atoms with Crippen LogP contribution in [0.3, 0.4) is 0 Å². The summed E-state index contributed by atoms with van der Waals surface area (Å²) in [7, 11) is 0. The number of rotatable bonds is 5. The lowest BCUT2D eigenvalue weighted by atomic mass is 10.1. The summed E-state index contributed by atoms with van der Waals surface area (Å²) in [5.74, 6) is 1.41. The van der Waals surface area contributed by atoms with Crippen LogP contribution in [0.4, 0.5) is 0 Å². The average Bonchev–Trinajstić information content (AvgIpc) is 3.19. The number of nitrogens with one attached hydrogen (secondary N) is 1. The van der Waals surface area contributed by atoms with Crippen LogP contribution in [0, 0.1) is 0 Å². The van der Waals surface area contributed by atoms with E-state index >= 15 is 0 Å². The van der Waals surface area contributed by atoms with E-state index in [2.05, 4.69) is 45.0 Å². The molecule has 1 amide bonds. The monoisotopic (exact) mass is 319 g/mol. The number of carbonyl (C=O) groups excluding carboxylic acids is 1. The van der Waals surface area contributed by atoms with Gasteiger partial charge < -0.3 is 9.47 Å². The highest BCUT2D eigenvalue weighted by atomic mass is 32.2. The van der Waals surface area contributed by atoms with Crippen molar-refractivity contribution < 1.29 is 4.79 Å². The van der Waals surface area contributed by atoms with Gasteiger partial charge in [0.25, 0.3) is 0 Å². The third-order valence-corrected chi connectivity index (χ3v) is 4.87. The van der Waals surface area contributed by atoms with Gasteiger partial charge in [-0.15, -0.1) is 5.10 Å². The second-order valence-corrected chi connectivity index (χ2v) is 6.29. The van der Waals surface area contributed by atoms with E-state index in [9.17, 15) is 4.79 Å². The minimum atomic E-state index is 0.159. The maximum absolute atomic E-state index is 12.6. The zero-order chi connectivity index (χ0) is 15.5. The molecular weight excluding hydrogens is 298 g/mol. The number of aryl methyl sites for hydroxylation is 1. The molecule has 6 nitrogen and oxygen atoms in total. The molecule has 1 aliphatic rings. The number of aromatic amines is 1. The van der Waals surface area contributed by atoms with Crippen LogP contribution < -0.4 is 0 Å². The van der Waals surface area contributed by atoms with Crippen LogP contribution in [-0.2, 0) is 17.8 Å². The highest BCUT2D eigenvalue weighted by Gasteiger charge is 2.29. The number of hydrogen-bond donors (Lipinski definition) is 1. The van der Waals surface area contributed by atoms with Crippen molar-refractivity contribution in [1.29, 1.82) is 0 Å². The smallest absolute Gasteiger partial charge is 0.233 e. The fourth-order valence-electron chi connectivity index (χ4n) is 2.90. The molecule has 0 saturated carbocycles. The van der Waals surface area contributed by atoms with Gasteiger partial charge in [0.2, 0.25) is 11.1 Å². The first-order chi connectivity index (χ1) is 10.7. The van der Waals surface area contributed by atoms with Crippen molar-refractivity contribution in [3.05, 3.63) is 29.8 Å². The van der Waals surface area contributed by atoms with Gasteiger partial charge in [-0.1, -0.05) is 25.6 Å². The predicted octanol–water partition coefficient (Wildman–Crippen LogP) is 2.25. The standard InChI is InChI=1S/C15H21N5OS/c1-3-11-12-6-5-7-19(12)8-9-20(11)14(21)10-22-15-16-13(4-2)17-18-15/h5-7,11H,3-4,8-10H2,1-2H3,(H,16,17,18)/t11-/m0/s1. The van der Waals surface area contributed by atoms with E-state index in [-0.39, 0.29) is 11.9 Å². The Hall–Kier alpha value is -1.76. The molecule has 0 aliphatic carbocycles. The first-order valence-corrected chi connectivity index (χ1v) is 8.70. The van der Waals surface area contributed by atoms with Crippen LogP contribution in [0.25, 0.3) is 0 Å². The third kappa shape index (κ3) is 2.90. The van der Waals surface area contributed by atoms with Crippen molar-refractivity contribution in [3.63, 3.8) is 0 Å². The third-order valence-electron chi connectivity index (χ3n) is 4.04. The zero-order valence-corrected chi connectivity index (χ0v) is 13.8. The summed E-state index contributed by atoms with van der Waals surface area (Å²) in [5.41, 5.74) is 1.23. The molecule has 0 spiro atoms. The van der Waals surface area contributed by atoms with Gasteiger partial charge in [-0.25, -0.2) is 4.98 Å². The molecule has 1 N–H and O–H groups in total. The van der Waals surface area contributed by atoms with Crippen LogP contribution in [0.2, 0.25) is 0 Å². The summed E-state index contributed by atoms with van der Waals surface area (Å²) in [6.45, 7) is 5.79. The van der Waals surface area contributed by atoms with Gasteiger partial charge in [-0.2, -0.15) is 0 Å². The molecule has 3 rings (SSSR count). The molecule has 1 aliphatic heterocycles. The molecule has 0 fully saturated rings. The van der Waals surface area contributed by atoms with E-state index in [0.29, 0.717) is 10.9 Å². The van der Waals surface area contributed by atoms with Crippen molar-refractivity contribution in [1.82, 2.24) is 24.6 Å². The fourth-order valence-corrected chi connectivity index (χ4v) is 3.61. The Kier molecular flexibility index (Phi) is 4.52. The molecule has 0 radical (unpaired) electrons. The van der Waals surface area contributed by atoms with Crippen LogP contribution in [0.5, 0.6) is 0 Å². The lowest BCUT2D eigenvalue weighted by Crippen LogP contribution is -2.42. The minimum absolute atomic E-state index is 0.159. The second-order valence-electron chi connectivity index (χ2n) is 5.34. The van der Waals surface area contributed by atoms with E-state index in [1.165, 1.54) is 17.5 Å². The molecule has 7 heteroatoms. The van der Waals surface area contributed by atoms with Crippen LogP contribution in [0.1, 0.15) is 37.8 Å². The summed E-state index contributed by atoms with van der Waals surface area (Å²) in [4.78, 5) is 18.9. The Bertz CT molecular complexity index is 650. The molecule has 2 aromatic heterocycles. The van der Waals surface area contributed by atoms with Crippen molar-refractivity contribution in [2.75, 3.05) is 12.3 Å². The van der Waals surface area contributed by atoms with Gasteiger partial charge in [-0.3, -0.25) is 9.89 Å². The number of thioether (sulfide) groups is 1. The fraction of sp³-hybridized carbons (Fsp3) is 0.533. The van der Waals surface area contributed by atoms with Gasteiger partial charge in [0.15, 0.2) is 0 Å². The predicted molar refractivity (Wildman–Crippen MR) is 85.7 cm³/mol. The maximum atomic E-state index is 12.6. The normalized spacial score (nSPS) is 17.5. The summed E-state index contributed by atoms with van der Waals surface area (Å²) in [6.07, 6.45) is 3.85. The molecular formula is C15H21N5OS. The lowest BCUT2D eigenvalue weighted by molar-refractivity contribution is -0.132. The number of aromatic nitrogens is 4. The number of nitrogens with zero attached hydrogens (tertiary/aromatic N) is 4. The Labute approximate surface area is 134 Å². The van der Waals surface area contributed by atoms with Gasteiger partial charge in [0.05, 0.1) is 11.8 Å². The van der Waals surface area contributed by atoms with E-state index in [1.54, 1.807) is 0 Å². The number of H-pyrrole nitrogens is 1. The Morgan fingerprint density at radius 3 is 3.05 bits per heavy atom. The highest BCUT2D eigenvalue weighted by molar-refractivity contribution is 7.99. The van der Waals surface area contributed by atoms with E-state index in [0.717, 1.165) is 31.8 Å². The number of carbonyl (C=O) groups is 1. The maximum Gasteiger partial charge on any atom is 0.233 e. The Morgan fingerprint density at radius 2 is 2.32 bits per heavy atom. The Morgan fingerprint density at radius 1 is 1.45 bits per heavy atom. The van der Waals surface area contributed by atoms with Crippen LogP contribution >= 0.6 is 11.8 Å². The lowest BCUT2D eigenvalue weighted by Gasteiger charge is -2.36. The summed E-state index contributed by atoms with van der Waals surface area (Å²) >= 11 is 1.40. The van der Waals surface area contributed by atoms with E-state index in [4.69, 9.17) is 0 Å². The van der Waals surface area contributed by atoms with Crippen LogP contribution in [0.15, 0.2) is 23.5 Å².